The lowest BCUT2D eigenvalue weighted by atomic mass is 10.2. The van der Waals surface area contributed by atoms with Crippen molar-refractivity contribution in [1.82, 2.24) is 10.4 Å². The average Bonchev–Trinajstić information content (AvgIpc) is 3.09. The van der Waals surface area contributed by atoms with Gasteiger partial charge in [0.2, 0.25) is 0 Å². The maximum atomic E-state index is 12.0. The fourth-order valence-electron chi connectivity index (χ4n) is 1.37. The van der Waals surface area contributed by atoms with Crippen LogP contribution in [0.15, 0.2) is 24.3 Å². The molecule has 17 heavy (non-hydrogen) atoms. The van der Waals surface area contributed by atoms with Crippen molar-refractivity contribution < 1.29 is 9.59 Å². The summed E-state index contributed by atoms with van der Waals surface area (Å²) in [5.41, 5.74) is 8.18. The zero-order valence-electron chi connectivity index (χ0n) is 9.02. The Kier molecular flexibility index (Phi) is 3.31. The van der Waals surface area contributed by atoms with Gasteiger partial charge in [0.25, 0.3) is 5.91 Å². The Morgan fingerprint density at radius 1 is 1.35 bits per heavy atom. The molecule has 1 fully saturated rings. The van der Waals surface area contributed by atoms with E-state index in [9.17, 15) is 9.59 Å². The third kappa shape index (κ3) is 2.75. The molecule has 0 atom stereocenters. The molecule has 1 aliphatic carbocycles. The van der Waals surface area contributed by atoms with Crippen molar-refractivity contribution in [3.05, 3.63) is 34.9 Å². The topological polar surface area (TPSA) is 75.4 Å². The van der Waals surface area contributed by atoms with Crippen LogP contribution in [-0.2, 0) is 0 Å². The highest BCUT2D eigenvalue weighted by Gasteiger charge is 2.30. The lowest BCUT2D eigenvalue weighted by molar-refractivity contribution is 0.0732. The molecule has 3 amide bonds. The van der Waals surface area contributed by atoms with E-state index in [-0.39, 0.29) is 11.6 Å². The van der Waals surface area contributed by atoms with Crippen LogP contribution in [0.5, 0.6) is 0 Å². The van der Waals surface area contributed by atoms with Crippen molar-refractivity contribution in [2.24, 2.45) is 5.73 Å². The molecule has 0 unspecified atom stereocenters. The molecule has 0 bridgehead atoms. The largest absolute Gasteiger partial charge is 0.350 e. The molecule has 0 saturated heterocycles. The molecule has 1 aromatic rings. The lowest BCUT2D eigenvalue weighted by Gasteiger charge is -2.19. The van der Waals surface area contributed by atoms with Gasteiger partial charge in [0.1, 0.15) is 0 Å². The zero-order chi connectivity index (χ0) is 12.4. The normalized spacial score (nSPS) is 14.4. The number of benzene rings is 1. The summed E-state index contributed by atoms with van der Waals surface area (Å²) in [6, 6.07) is 5.84. The minimum absolute atomic E-state index is 0.147. The number of imide groups is 1. The first-order valence-corrected chi connectivity index (χ1v) is 5.62. The summed E-state index contributed by atoms with van der Waals surface area (Å²) in [6.45, 7) is 0. The second-order valence-corrected chi connectivity index (χ2v) is 4.27. The SMILES string of the molecule is NC(=O)N(NC1CC1)C(=O)c1ccccc1Cl. The quantitative estimate of drug-likeness (QED) is 0.802. The highest BCUT2D eigenvalue weighted by Crippen LogP contribution is 2.21. The van der Waals surface area contributed by atoms with E-state index in [1.165, 1.54) is 0 Å². The Morgan fingerprint density at radius 2 is 2.00 bits per heavy atom. The van der Waals surface area contributed by atoms with Crippen molar-refractivity contribution in [2.75, 3.05) is 0 Å². The van der Waals surface area contributed by atoms with Gasteiger partial charge in [-0.2, -0.15) is 5.01 Å². The number of urea groups is 1. The molecule has 0 aliphatic heterocycles. The van der Waals surface area contributed by atoms with E-state index >= 15 is 0 Å². The van der Waals surface area contributed by atoms with Gasteiger partial charge in [-0.05, 0) is 25.0 Å². The summed E-state index contributed by atoms with van der Waals surface area (Å²) in [6.07, 6.45) is 1.86. The van der Waals surface area contributed by atoms with Crippen molar-refractivity contribution in [3.63, 3.8) is 0 Å². The Morgan fingerprint density at radius 3 is 2.53 bits per heavy atom. The number of hydrogen-bond acceptors (Lipinski definition) is 3. The highest BCUT2D eigenvalue weighted by molar-refractivity contribution is 6.34. The average molecular weight is 254 g/mol. The van der Waals surface area contributed by atoms with E-state index in [2.05, 4.69) is 5.43 Å². The number of nitrogens with two attached hydrogens (primary N) is 1. The fraction of sp³-hybridized carbons (Fsp3) is 0.273. The molecule has 0 radical (unpaired) electrons. The van der Waals surface area contributed by atoms with Crippen LogP contribution in [0.3, 0.4) is 0 Å². The summed E-state index contributed by atoms with van der Waals surface area (Å²) in [5.74, 6) is -0.532. The van der Waals surface area contributed by atoms with E-state index in [1.807, 2.05) is 0 Å². The second-order valence-electron chi connectivity index (χ2n) is 3.86. The van der Waals surface area contributed by atoms with Crippen molar-refractivity contribution in [3.8, 4) is 0 Å². The van der Waals surface area contributed by atoms with Gasteiger partial charge in [-0.3, -0.25) is 4.79 Å². The number of hydrazine groups is 1. The van der Waals surface area contributed by atoms with E-state index in [0.29, 0.717) is 5.02 Å². The number of rotatable bonds is 3. The zero-order valence-corrected chi connectivity index (χ0v) is 9.78. The number of carbonyl (C=O) groups excluding carboxylic acids is 2. The first kappa shape index (κ1) is 11.9. The van der Waals surface area contributed by atoms with Crippen molar-refractivity contribution in [1.29, 1.82) is 0 Å². The third-order valence-corrected chi connectivity index (χ3v) is 2.75. The van der Waals surface area contributed by atoms with Gasteiger partial charge in [0.05, 0.1) is 10.6 Å². The van der Waals surface area contributed by atoms with Gasteiger partial charge in [0, 0.05) is 6.04 Å². The van der Waals surface area contributed by atoms with Crippen molar-refractivity contribution >= 4 is 23.5 Å². The summed E-state index contributed by atoms with van der Waals surface area (Å²) in [4.78, 5) is 23.3. The molecular formula is C11H12ClN3O2. The van der Waals surface area contributed by atoms with Gasteiger partial charge in [0.15, 0.2) is 0 Å². The second kappa shape index (κ2) is 4.73. The minimum atomic E-state index is -0.832. The molecule has 5 nitrogen and oxygen atoms in total. The van der Waals surface area contributed by atoms with Crippen molar-refractivity contribution in [2.45, 2.75) is 18.9 Å². The number of nitrogens with zero attached hydrogens (tertiary/aromatic N) is 1. The molecule has 2 rings (SSSR count). The van der Waals surface area contributed by atoms with Crippen LogP contribution in [-0.4, -0.2) is 23.0 Å². The number of primary amides is 1. The Balaban J connectivity index is 2.21. The standard InChI is InChI=1S/C11H12ClN3O2/c12-9-4-2-1-3-8(9)10(16)15(11(13)17)14-7-5-6-7/h1-4,7,14H,5-6H2,(H2,13,17). The predicted molar refractivity (Wildman–Crippen MR) is 63.4 cm³/mol. The molecule has 0 heterocycles. The Hall–Kier alpha value is -1.59. The first-order chi connectivity index (χ1) is 8.09. The third-order valence-electron chi connectivity index (χ3n) is 2.42. The first-order valence-electron chi connectivity index (χ1n) is 5.24. The van der Waals surface area contributed by atoms with Gasteiger partial charge in [-0.25, -0.2) is 10.2 Å². The van der Waals surface area contributed by atoms with E-state index in [1.54, 1.807) is 24.3 Å². The number of amides is 3. The molecule has 1 aromatic carbocycles. The molecule has 90 valence electrons. The van der Waals surface area contributed by atoms with Crippen LogP contribution < -0.4 is 11.2 Å². The minimum Gasteiger partial charge on any atom is -0.350 e. The smallest absolute Gasteiger partial charge is 0.336 e. The van der Waals surface area contributed by atoms with Gasteiger partial charge < -0.3 is 5.73 Å². The molecular weight excluding hydrogens is 242 g/mol. The maximum Gasteiger partial charge on any atom is 0.336 e. The van der Waals surface area contributed by atoms with Gasteiger partial charge in [-0.1, -0.05) is 23.7 Å². The van der Waals surface area contributed by atoms with E-state index in [0.717, 1.165) is 17.9 Å². The molecule has 3 N–H and O–H groups in total. The van der Waals surface area contributed by atoms with Gasteiger partial charge in [-0.15, -0.1) is 0 Å². The summed E-state index contributed by atoms with van der Waals surface area (Å²) in [5, 5.41) is 1.11. The van der Waals surface area contributed by atoms with Crippen LogP contribution in [0.25, 0.3) is 0 Å². The molecule has 0 aromatic heterocycles. The summed E-state index contributed by atoms with van der Waals surface area (Å²) < 4.78 is 0. The van der Waals surface area contributed by atoms with E-state index in [4.69, 9.17) is 17.3 Å². The van der Waals surface area contributed by atoms with Crippen LogP contribution >= 0.6 is 11.6 Å². The van der Waals surface area contributed by atoms with E-state index < -0.39 is 11.9 Å². The number of carbonyl (C=O) groups is 2. The van der Waals surface area contributed by atoms with Crippen LogP contribution in [0.1, 0.15) is 23.2 Å². The monoisotopic (exact) mass is 253 g/mol. The summed E-state index contributed by atoms with van der Waals surface area (Å²) >= 11 is 5.89. The number of hydrogen-bond donors (Lipinski definition) is 2. The van der Waals surface area contributed by atoms with Crippen LogP contribution in [0.2, 0.25) is 5.02 Å². The molecule has 0 spiro atoms. The Labute approximate surface area is 103 Å². The maximum absolute atomic E-state index is 12.0. The Bertz CT molecular complexity index is 460. The highest BCUT2D eigenvalue weighted by atomic mass is 35.5. The summed E-state index contributed by atoms with van der Waals surface area (Å²) in [7, 11) is 0. The number of nitrogens with one attached hydrogen (secondary N) is 1. The lowest BCUT2D eigenvalue weighted by Crippen LogP contribution is -2.50. The molecule has 1 aliphatic rings. The predicted octanol–water partition coefficient (Wildman–Crippen LogP) is 1.53. The molecule has 1 saturated carbocycles. The van der Waals surface area contributed by atoms with Gasteiger partial charge >= 0.3 is 6.03 Å². The van der Waals surface area contributed by atoms with Crippen LogP contribution in [0.4, 0.5) is 4.79 Å². The molecule has 6 heteroatoms. The van der Waals surface area contributed by atoms with Crippen LogP contribution in [0, 0.1) is 0 Å². The number of halogens is 1. The fourth-order valence-corrected chi connectivity index (χ4v) is 1.59.